The number of nitrogens with one attached hydrogen (secondary N) is 1. The van der Waals surface area contributed by atoms with Gasteiger partial charge in [-0.1, -0.05) is 11.6 Å². The van der Waals surface area contributed by atoms with E-state index in [2.05, 4.69) is 15.2 Å². The Bertz CT molecular complexity index is 1720. The van der Waals surface area contributed by atoms with Crippen molar-refractivity contribution in [3.63, 3.8) is 0 Å². The van der Waals surface area contributed by atoms with Crippen molar-refractivity contribution in [2.75, 3.05) is 13.2 Å². The smallest absolute Gasteiger partial charge is 0.407 e. The molecular weight excluding hydrogens is 655 g/mol. The maximum atomic E-state index is 13.1. The number of alkyl halides is 3. The predicted molar refractivity (Wildman–Crippen MR) is 159 cm³/mol. The lowest BCUT2D eigenvalue weighted by molar-refractivity contribution is -0.219. The van der Waals surface area contributed by atoms with Crippen molar-refractivity contribution in [2.45, 2.75) is 77.0 Å². The topological polar surface area (TPSA) is 162 Å². The molecule has 4 rings (SSSR count). The van der Waals surface area contributed by atoms with Crippen LogP contribution in [0.1, 0.15) is 63.0 Å². The molecule has 0 radical (unpaired) electrons. The van der Waals surface area contributed by atoms with Crippen molar-refractivity contribution in [3.05, 3.63) is 47.0 Å². The SMILES string of the molecule is Cc1nn(CCCC2CN(C(=O)O)C(C)(C)C2)cc1S(=O)(=O)NC(=O)c1ccc(-n2ccc(OCC(C)(C)C(F)(F)F)n2)nc1Cl. The Morgan fingerprint density at radius 2 is 1.89 bits per heavy atom. The number of carbonyl (C=O) groups is 2. The molecule has 3 aromatic rings. The van der Waals surface area contributed by atoms with Gasteiger partial charge in [0.05, 0.1) is 16.7 Å². The van der Waals surface area contributed by atoms with Gasteiger partial charge in [-0.05, 0) is 71.9 Å². The van der Waals surface area contributed by atoms with Gasteiger partial charge in [0.15, 0.2) is 5.82 Å². The van der Waals surface area contributed by atoms with Gasteiger partial charge in [0, 0.05) is 37.1 Å². The average molecular weight is 690 g/mol. The lowest BCUT2D eigenvalue weighted by Gasteiger charge is -2.28. The molecule has 1 atom stereocenters. The van der Waals surface area contributed by atoms with Crippen molar-refractivity contribution in [3.8, 4) is 11.7 Å². The second-order valence-electron chi connectivity index (χ2n) is 12.5. The largest absolute Gasteiger partial charge is 0.476 e. The molecule has 0 aliphatic carbocycles. The van der Waals surface area contributed by atoms with Crippen molar-refractivity contribution in [1.29, 1.82) is 0 Å². The normalized spacial score (nSPS) is 16.9. The Morgan fingerprint density at radius 1 is 1.20 bits per heavy atom. The van der Waals surface area contributed by atoms with Crippen LogP contribution in [-0.2, 0) is 16.6 Å². The van der Waals surface area contributed by atoms with Gasteiger partial charge in [0.1, 0.15) is 16.7 Å². The minimum Gasteiger partial charge on any atom is -0.476 e. The Hall–Kier alpha value is -3.86. The van der Waals surface area contributed by atoms with Gasteiger partial charge in [-0.3, -0.25) is 9.48 Å². The molecule has 13 nitrogen and oxygen atoms in total. The minimum atomic E-state index is -4.48. The number of amides is 2. The van der Waals surface area contributed by atoms with Crippen LogP contribution in [0.3, 0.4) is 0 Å². The third-order valence-electron chi connectivity index (χ3n) is 7.83. The third-order valence-corrected chi connectivity index (χ3v) is 9.56. The zero-order chi connectivity index (χ0) is 34.2. The number of hydrogen-bond donors (Lipinski definition) is 2. The maximum absolute atomic E-state index is 13.1. The summed E-state index contributed by atoms with van der Waals surface area (Å²) in [6, 6.07) is 3.89. The number of likely N-dealkylation sites (tertiary alicyclic amines) is 1. The lowest BCUT2D eigenvalue weighted by Crippen LogP contribution is -2.41. The first kappa shape index (κ1) is 35.0. The summed E-state index contributed by atoms with van der Waals surface area (Å²) in [5.74, 6) is -0.856. The molecule has 0 spiro atoms. The second-order valence-corrected chi connectivity index (χ2v) is 14.5. The molecule has 1 unspecified atom stereocenters. The molecule has 18 heteroatoms. The van der Waals surface area contributed by atoms with Crippen LogP contribution in [0.5, 0.6) is 5.88 Å². The van der Waals surface area contributed by atoms with E-state index in [0.29, 0.717) is 19.5 Å². The van der Waals surface area contributed by atoms with Gasteiger partial charge in [0.2, 0.25) is 5.88 Å². The quantitative estimate of drug-likeness (QED) is 0.262. The molecule has 1 saturated heterocycles. The summed E-state index contributed by atoms with van der Waals surface area (Å²) >= 11 is 6.20. The third kappa shape index (κ3) is 7.74. The molecule has 252 valence electrons. The molecule has 0 saturated carbocycles. The number of aromatic nitrogens is 5. The van der Waals surface area contributed by atoms with E-state index in [9.17, 15) is 36.3 Å². The van der Waals surface area contributed by atoms with Crippen LogP contribution in [0.4, 0.5) is 18.0 Å². The zero-order valence-electron chi connectivity index (χ0n) is 25.8. The summed E-state index contributed by atoms with van der Waals surface area (Å²) in [4.78, 5) is 29.7. The molecule has 2 amide bonds. The Balaban J connectivity index is 1.36. The van der Waals surface area contributed by atoms with Gasteiger partial charge < -0.3 is 14.7 Å². The fraction of sp³-hybridized carbons (Fsp3) is 0.536. The minimum absolute atomic E-state index is 0.0913. The summed E-state index contributed by atoms with van der Waals surface area (Å²) in [6.45, 7) is 7.44. The van der Waals surface area contributed by atoms with E-state index in [1.165, 1.54) is 51.8 Å². The van der Waals surface area contributed by atoms with Gasteiger partial charge >= 0.3 is 12.3 Å². The van der Waals surface area contributed by atoms with Gasteiger partial charge in [-0.25, -0.2) is 27.6 Å². The molecule has 1 aliphatic heterocycles. The van der Waals surface area contributed by atoms with Crippen molar-refractivity contribution >= 4 is 33.6 Å². The summed E-state index contributed by atoms with van der Waals surface area (Å²) in [5, 5.41) is 17.4. The fourth-order valence-electron chi connectivity index (χ4n) is 5.14. The van der Waals surface area contributed by atoms with Crippen LogP contribution in [0.15, 0.2) is 35.5 Å². The van der Waals surface area contributed by atoms with Gasteiger partial charge in [0.25, 0.3) is 15.9 Å². The molecular formula is C28H35ClF3N7O6S. The van der Waals surface area contributed by atoms with Gasteiger partial charge in [-0.2, -0.15) is 18.3 Å². The van der Waals surface area contributed by atoms with Crippen LogP contribution in [0.25, 0.3) is 5.82 Å². The number of aryl methyl sites for hydroxylation is 2. The molecule has 46 heavy (non-hydrogen) atoms. The van der Waals surface area contributed by atoms with Crippen LogP contribution in [0.2, 0.25) is 5.15 Å². The number of pyridine rings is 1. The summed E-state index contributed by atoms with van der Waals surface area (Å²) < 4.78 is 75.3. The van der Waals surface area contributed by atoms with E-state index in [0.717, 1.165) is 26.7 Å². The van der Waals surface area contributed by atoms with E-state index in [1.54, 1.807) is 0 Å². The highest BCUT2D eigenvalue weighted by atomic mass is 35.5. The molecule has 2 N–H and O–H groups in total. The van der Waals surface area contributed by atoms with E-state index in [1.807, 2.05) is 18.6 Å². The predicted octanol–water partition coefficient (Wildman–Crippen LogP) is 5.07. The molecule has 1 fully saturated rings. The molecule has 3 aromatic heterocycles. The fourth-order valence-corrected chi connectivity index (χ4v) is 6.53. The number of sulfonamides is 1. The standard InChI is InChI=1S/C28H35ClF3N7O6S/c1-17-20(15-37(34-17)11-6-7-18-13-27(4,5)38(14-18)25(41)42)46(43,44)36-24(40)19-8-9-21(33-23(19)29)39-12-10-22(35-39)45-16-26(2,3)28(30,31)32/h8-10,12,15,18H,6-7,11,13-14,16H2,1-5H3,(H,36,40)(H,41,42). The first-order valence-electron chi connectivity index (χ1n) is 14.2. The number of carboxylic acid groups (broad SMARTS) is 1. The zero-order valence-corrected chi connectivity index (χ0v) is 27.4. The van der Waals surface area contributed by atoms with E-state index in [4.69, 9.17) is 16.3 Å². The number of nitrogens with zero attached hydrogens (tertiary/aromatic N) is 6. The summed E-state index contributed by atoms with van der Waals surface area (Å²) in [5.41, 5.74) is -2.63. The number of hydrogen-bond acceptors (Lipinski definition) is 8. The van der Waals surface area contributed by atoms with E-state index < -0.39 is 45.8 Å². The van der Waals surface area contributed by atoms with E-state index in [-0.39, 0.29) is 38.9 Å². The Labute approximate surface area is 268 Å². The first-order chi connectivity index (χ1) is 21.2. The van der Waals surface area contributed by atoms with Crippen molar-refractivity contribution in [1.82, 2.24) is 34.2 Å². The Morgan fingerprint density at radius 3 is 2.50 bits per heavy atom. The van der Waals surface area contributed by atoms with Gasteiger partial charge in [-0.15, -0.1) is 5.10 Å². The molecule has 4 heterocycles. The number of rotatable bonds is 11. The maximum Gasteiger partial charge on any atom is 0.407 e. The molecule has 1 aliphatic rings. The van der Waals surface area contributed by atoms with E-state index >= 15 is 0 Å². The second kappa shape index (κ2) is 12.7. The monoisotopic (exact) mass is 689 g/mol. The molecule has 0 aromatic carbocycles. The van der Waals surface area contributed by atoms with Crippen LogP contribution >= 0.6 is 11.6 Å². The summed E-state index contributed by atoms with van der Waals surface area (Å²) in [6.07, 6.45) is -0.632. The number of ether oxygens (including phenoxy) is 1. The first-order valence-corrected chi connectivity index (χ1v) is 16.1. The van der Waals surface area contributed by atoms with Crippen LogP contribution in [0, 0.1) is 18.3 Å². The highest BCUT2D eigenvalue weighted by molar-refractivity contribution is 7.90. The lowest BCUT2D eigenvalue weighted by atomic mass is 9.93. The number of carbonyl (C=O) groups excluding carboxylic acids is 1. The molecule has 0 bridgehead atoms. The van der Waals surface area contributed by atoms with Crippen LogP contribution < -0.4 is 9.46 Å². The summed E-state index contributed by atoms with van der Waals surface area (Å²) in [7, 11) is -4.35. The highest BCUT2D eigenvalue weighted by Crippen LogP contribution is 2.38. The van der Waals surface area contributed by atoms with Crippen molar-refractivity contribution in [2.24, 2.45) is 11.3 Å². The number of halogens is 4. The Kier molecular flexibility index (Phi) is 9.69. The van der Waals surface area contributed by atoms with Crippen molar-refractivity contribution < 1.29 is 41.0 Å². The average Bonchev–Trinajstić information content (AvgIpc) is 3.63. The highest BCUT2D eigenvalue weighted by Gasteiger charge is 2.48. The van der Waals surface area contributed by atoms with Crippen LogP contribution in [-0.4, -0.2) is 79.8 Å².